The van der Waals surface area contributed by atoms with Crippen LogP contribution in [0.25, 0.3) is 0 Å². The second kappa shape index (κ2) is 23.0. The number of nitrogens with two attached hydrogens (primary N) is 2. The Kier molecular flexibility index (Phi) is 18.2. The van der Waals surface area contributed by atoms with Crippen molar-refractivity contribution in [2.45, 2.75) is 83.3 Å². The van der Waals surface area contributed by atoms with E-state index in [0.29, 0.717) is 25.1 Å². The summed E-state index contributed by atoms with van der Waals surface area (Å²) in [6, 6.07) is 9.94. The zero-order valence-corrected chi connectivity index (χ0v) is 31.7. The Hall–Kier alpha value is -6.11. The first-order valence-corrected chi connectivity index (χ1v) is 18.6. The Labute approximate surface area is 324 Å². The number of nitrogens with one attached hydrogen (secondary N) is 5. The van der Waals surface area contributed by atoms with Crippen molar-refractivity contribution in [1.82, 2.24) is 26.3 Å². The average Bonchev–Trinajstić information content (AvgIpc) is 3.18. The Morgan fingerprint density at radius 1 is 0.875 bits per heavy atom. The van der Waals surface area contributed by atoms with Crippen LogP contribution in [0.2, 0.25) is 0 Å². The molecule has 2 aromatic rings. The summed E-state index contributed by atoms with van der Waals surface area (Å²) in [5.41, 5.74) is 11.2. The van der Waals surface area contributed by atoms with Gasteiger partial charge in [-0.05, 0) is 62.3 Å². The Morgan fingerprint density at radius 2 is 1.54 bits per heavy atom. The van der Waals surface area contributed by atoms with Crippen molar-refractivity contribution >= 4 is 52.8 Å². The van der Waals surface area contributed by atoms with Gasteiger partial charge in [0, 0.05) is 49.4 Å². The second-order valence-corrected chi connectivity index (χ2v) is 13.3. The van der Waals surface area contributed by atoms with Crippen molar-refractivity contribution in [1.29, 1.82) is 0 Å². The summed E-state index contributed by atoms with van der Waals surface area (Å²) in [6.45, 7) is 4.33. The number of benzene rings is 2. The number of carbonyl (C=O) groups excluding carboxylic acids is 6. The summed E-state index contributed by atoms with van der Waals surface area (Å²) in [5.74, 6) is -4.45. The number of anilines is 1. The van der Waals surface area contributed by atoms with Crippen LogP contribution >= 0.6 is 0 Å². The standard InChI is InChI=1S/C37H52N10O9/c1-3-24(2)32(45-33(50)25-11-6-4-7-12-25)36(53)44-29(18-19-31(49)56-46-21-8-5-9-22-46)34(51)41-23-30(48)43-28(13-10-20-40-37(38)39)35(52)42-26-14-16-27(17-15-26)47(54)55/h4,6-7,11-12,14-17,24,28-29,32H,3,5,8-10,13,18-23H2,1-2H3,(H,41,51)(H,42,52)(H,43,48)(H,44,53)(H,45,50)(H4,38,39,40)/t24-,28-,29-,32-/m0/s1. The van der Waals surface area contributed by atoms with Gasteiger partial charge in [-0.3, -0.25) is 43.9 Å². The van der Waals surface area contributed by atoms with Gasteiger partial charge in [-0.15, -0.1) is 5.06 Å². The van der Waals surface area contributed by atoms with Crippen LogP contribution in [0.5, 0.6) is 0 Å². The highest BCUT2D eigenvalue weighted by Crippen LogP contribution is 2.17. The van der Waals surface area contributed by atoms with Crippen LogP contribution in [-0.4, -0.2) is 95.8 Å². The SMILES string of the molecule is CC[C@H](C)[C@H](NC(=O)c1ccccc1)C(=O)N[C@@H](CCC(=O)ON1CCCCC1)C(=O)NCC(=O)N[C@@H](CCCN=C(N)N)C(=O)Nc1ccc([N+](=O)[O-])cc1. The van der Waals surface area contributed by atoms with E-state index in [4.69, 9.17) is 16.3 Å². The lowest BCUT2D eigenvalue weighted by Crippen LogP contribution is -2.56. The van der Waals surface area contributed by atoms with E-state index in [0.717, 1.165) is 19.3 Å². The maximum absolute atomic E-state index is 13.7. The zero-order chi connectivity index (χ0) is 41.0. The van der Waals surface area contributed by atoms with E-state index < -0.39 is 65.1 Å². The van der Waals surface area contributed by atoms with Gasteiger partial charge in [-0.2, -0.15) is 0 Å². The summed E-state index contributed by atoms with van der Waals surface area (Å²) < 4.78 is 0. The summed E-state index contributed by atoms with van der Waals surface area (Å²) in [5, 5.41) is 25.6. The van der Waals surface area contributed by atoms with E-state index in [2.05, 4.69) is 31.6 Å². The summed E-state index contributed by atoms with van der Waals surface area (Å²) in [4.78, 5) is 99.2. The van der Waals surface area contributed by atoms with Crippen LogP contribution in [0.4, 0.5) is 11.4 Å². The molecule has 1 fully saturated rings. The number of rotatable bonds is 21. The van der Waals surface area contributed by atoms with Crippen molar-refractivity contribution in [2.75, 3.05) is 31.5 Å². The number of hydrogen-bond donors (Lipinski definition) is 7. The van der Waals surface area contributed by atoms with E-state index >= 15 is 0 Å². The number of piperidine rings is 1. The third-order valence-corrected chi connectivity index (χ3v) is 9.00. The van der Waals surface area contributed by atoms with Crippen molar-refractivity contribution < 1.29 is 38.5 Å². The molecule has 0 aliphatic carbocycles. The molecule has 0 unspecified atom stereocenters. The quantitative estimate of drug-likeness (QED) is 0.0310. The summed E-state index contributed by atoms with van der Waals surface area (Å²) in [6.07, 6.45) is 3.22. The van der Waals surface area contributed by atoms with Gasteiger partial charge in [0.15, 0.2) is 5.96 Å². The minimum atomic E-state index is -1.31. The Balaban J connectivity index is 1.71. The first kappa shape index (κ1) is 44.3. The number of nitrogens with zero attached hydrogens (tertiary/aromatic N) is 3. The lowest BCUT2D eigenvalue weighted by molar-refractivity contribution is -0.384. The van der Waals surface area contributed by atoms with E-state index in [9.17, 15) is 38.9 Å². The predicted molar refractivity (Wildman–Crippen MR) is 206 cm³/mol. The molecule has 3 rings (SSSR count). The number of amides is 5. The minimum Gasteiger partial charge on any atom is -0.370 e. The van der Waals surface area contributed by atoms with Gasteiger partial charge in [0.1, 0.15) is 18.1 Å². The molecule has 1 heterocycles. The summed E-state index contributed by atoms with van der Waals surface area (Å²) >= 11 is 0. The topological polar surface area (TPSA) is 283 Å². The van der Waals surface area contributed by atoms with Gasteiger partial charge >= 0.3 is 5.97 Å². The van der Waals surface area contributed by atoms with Gasteiger partial charge < -0.3 is 42.9 Å². The molecule has 9 N–H and O–H groups in total. The van der Waals surface area contributed by atoms with Crippen molar-refractivity contribution in [3.8, 4) is 0 Å². The highest BCUT2D eigenvalue weighted by Gasteiger charge is 2.31. The van der Waals surface area contributed by atoms with Crippen LogP contribution in [0.3, 0.4) is 0 Å². The molecule has 304 valence electrons. The highest BCUT2D eigenvalue weighted by atomic mass is 16.7. The molecule has 56 heavy (non-hydrogen) atoms. The molecule has 0 spiro atoms. The average molecular weight is 781 g/mol. The molecule has 0 radical (unpaired) electrons. The maximum Gasteiger partial charge on any atom is 0.325 e. The van der Waals surface area contributed by atoms with E-state index in [1.54, 1.807) is 42.3 Å². The monoisotopic (exact) mass is 780 g/mol. The molecular weight excluding hydrogens is 728 g/mol. The number of hydroxylamine groups is 2. The number of carbonyl (C=O) groups is 6. The molecule has 0 saturated carbocycles. The first-order valence-electron chi connectivity index (χ1n) is 18.6. The van der Waals surface area contributed by atoms with Gasteiger partial charge in [0.25, 0.3) is 11.6 Å². The minimum absolute atomic E-state index is 0.0821. The highest BCUT2D eigenvalue weighted by molar-refractivity contribution is 5.99. The van der Waals surface area contributed by atoms with Gasteiger partial charge in [0.2, 0.25) is 23.6 Å². The molecule has 1 aliphatic rings. The van der Waals surface area contributed by atoms with Crippen molar-refractivity contribution in [3.05, 3.63) is 70.3 Å². The summed E-state index contributed by atoms with van der Waals surface area (Å²) in [7, 11) is 0. The fraction of sp³-hybridized carbons (Fsp3) is 0.486. The number of hydrogen-bond acceptors (Lipinski definition) is 11. The van der Waals surface area contributed by atoms with Gasteiger partial charge in [0.05, 0.1) is 11.5 Å². The largest absolute Gasteiger partial charge is 0.370 e. The fourth-order valence-corrected chi connectivity index (χ4v) is 5.66. The molecule has 5 amide bonds. The van der Waals surface area contributed by atoms with E-state index in [1.165, 1.54) is 24.3 Å². The van der Waals surface area contributed by atoms with Crippen molar-refractivity contribution in [2.24, 2.45) is 22.4 Å². The first-order chi connectivity index (χ1) is 26.8. The zero-order valence-electron chi connectivity index (χ0n) is 31.7. The molecule has 2 aromatic carbocycles. The Bertz CT molecular complexity index is 1680. The molecule has 19 heteroatoms. The molecule has 1 aliphatic heterocycles. The van der Waals surface area contributed by atoms with Crippen LogP contribution in [0, 0.1) is 16.0 Å². The Morgan fingerprint density at radius 3 is 2.16 bits per heavy atom. The normalized spacial score (nSPS) is 14.8. The number of non-ortho nitro benzene ring substituents is 1. The van der Waals surface area contributed by atoms with Crippen LogP contribution in [0.1, 0.15) is 75.6 Å². The number of nitro groups is 1. The molecular formula is C37H52N10O9. The van der Waals surface area contributed by atoms with Crippen LogP contribution in [-0.2, 0) is 28.8 Å². The predicted octanol–water partition coefficient (Wildman–Crippen LogP) is 1.24. The van der Waals surface area contributed by atoms with Crippen molar-refractivity contribution in [3.63, 3.8) is 0 Å². The van der Waals surface area contributed by atoms with E-state index in [1.807, 2.05) is 6.92 Å². The molecule has 0 aromatic heterocycles. The third-order valence-electron chi connectivity index (χ3n) is 9.00. The number of guanidine groups is 1. The van der Waals surface area contributed by atoms with Gasteiger partial charge in [-0.25, -0.2) is 0 Å². The maximum atomic E-state index is 13.7. The van der Waals surface area contributed by atoms with Crippen LogP contribution in [0.15, 0.2) is 59.6 Å². The lowest BCUT2D eigenvalue weighted by atomic mass is 9.97. The smallest absolute Gasteiger partial charge is 0.325 e. The van der Waals surface area contributed by atoms with Gasteiger partial charge in [-0.1, -0.05) is 44.9 Å². The lowest BCUT2D eigenvalue weighted by Gasteiger charge is -2.27. The molecule has 4 atom stereocenters. The third kappa shape index (κ3) is 15.3. The number of aliphatic imine (C=N–C) groups is 1. The molecule has 19 nitrogen and oxygen atoms in total. The molecule has 0 bridgehead atoms. The molecule has 1 saturated heterocycles. The van der Waals surface area contributed by atoms with Crippen LogP contribution < -0.4 is 38.1 Å². The fourth-order valence-electron chi connectivity index (χ4n) is 5.66. The van der Waals surface area contributed by atoms with E-state index in [-0.39, 0.29) is 55.5 Å². The second-order valence-electron chi connectivity index (χ2n) is 13.3. The number of nitro benzene ring substituents is 1.